The van der Waals surface area contributed by atoms with Gasteiger partial charge >= 0.3 is 0 Å². The number of nitrogens with one attached hydrogen (secondary N) is 1. The molecule has 0 saturated heterocycles. The summed E-state index contributed by atoms with van der Waals surface area (Å²) in [5.74, 6) is 1.38. The summed E-state index contributed by atoms with van der Waals surface area (Å²) in [5, 5.41) is 10.1. The van der Waals surface area contributed by atoms with Gasteiger partial charge in [0.05, 0.1) is 12.3 Å². The fraction of sp³-hybridized carbons (Fsp3) is 0.263. The van der Waals surface area contributed by atoms with Gasteiger partial charge in [-0.3, -0.25) is 4.57 Å². The molecule has 3 aromatic rings. The molecule has 3 rings (SSSR count). The van der Waals surface area contributed by atoms with E-state index in [1.54, 1.807) is 6.92 Å². The van der Waals surface area contributed by atoms with Gasteiger partial charge in [-0.05, 0) is 36.8 Å². The molecule has 0 radical (unpaired) electrons. The van der Waals surface area contributed by atoms with Crippen LogP contribution in [0.15, 0.2) is 59.8 Å². The van der Waals surface area contributed by atoms with Crippen LogP contribution in [0.3, 0.4) is 0 Å². The minimum absolute atomic E-state index is 0.0720. The van der Waals surface area contributed by atoms with Gasteiger partial charge in [0.1, 0.15) is 0 Å². The maximum absolute atomic E-state index is 11.6. The van der Waals surface area contributed by atoms with E-state index in [1.165, 1.54) is 11.8 Å². The second-order valence-electron chi connectivity index (χ2n) is 6.03. The predicted octanol–water partition coefficient (Wildman–Crippen LogP) is 3.68. The van der Waals surface area contributed by atoms with Gasteiger partial charge in [0.2, 0.25) is 10.0 Å². The normalized spacial score (nSPS) is 11.6. The van der Waals surface area contributed by atoms with Gasteiger partial charge in [0.25, 0.3) is 0 Å². The summed E-state index contributed by atoms with van der Waals surface area (Å²) in [7, 11) is -3.19. The molecule has 1 N–H and O–H groups in total. The van der Waals surface area contributed by atoms with Gasteiger partial charge in [-0.2, -0.15) is 0 Å². The Morgan fingerprint density at radius 2 is 1.79 bits per heavy atom. The smallest absolute Gasteiger partial charge is 0.211 e. The van der Waals surface area contributed by atoms with Crippen LogP contribution >= 0.6 is 23.4 Å². The number of halogens is 1. The van der Waals surface area contributed by atoms with Crippen molar-refractivity contribution in [2.24, 2.45) is 0 Å². The van der Waals surface area contributed by atoms with Gasteiger partial charge in [-0.1, -0.05) is 53.7 Å². The first-order valence-corrected chi connectivity index (χ1v) is 11.8. The molecular formula is C19H21ClN4O2S2. The molecule has 0 aliphatic carbocycles. The van der Waals surface area contributed by atoms with Crippen LogP contribution < -0.4 is 4.72 Å². The van der Waals surface area contributed by atoms with Crippen molar-refractivity contribution in [3.63, 3.8) is 0 Å². The Bertz CT molecular complexity index is 1010. The lowest BCUT2D eigenvalue weighted by Crippen LogP contribution is -2.27. The molecule has 2 aromatic carbocycles. The van der Waals surface area contributed by atoms with E-state index in [1.807, 2.05) is 47.0 Å². The lowest BCUT2D eigenvalue weighted by Gasteiger charge is -2.11. The Kier molecular flexibility index (Phi) is 7.12. The summed E-state index contributed by atoms with van der Waals surface area (Å²) in [6.07, 6.45) is 0. The molecule has 0 amide bonds. The van der Waals surface area contributed by atoms with E-state index >= 15 is 0 Å². The number of benzene rings is 2. The standard InChI is InChI=1S/C19H21ClN4O2S2/c1-2-28(25,26)21-12-13-27-19-23-22-18(16-8-10-17(20)11-9-16)24(19)14-15-6-4-3-5-7-15/h3-11,21H,2,12-14H2,1H3. The number of sulfonamides is 1. The van der Waals surface area contributed by atoms with Crippen molar-refractivity contribution in [3.8, 4) is 11.4 Å². The van der Waals surface area contributed by atoms with Gasteiger partial charge in [-0.25, -0.2) is 13.1 Å². The number of thioether (sulfide) groups is 1. The van der Waals surface area contributed by atoms with Crippen LogP contribution in [0.4, 0.5) is 0 Å². The highest BCUT2D eigenvalue weighted by Crippen LogP contribution is 2.26. The van der Waals surface area contributed by atoms with E-state index in [-0.39, 0.29) is 5.75 Å². The zero-order chi connectivity index (χ0) is 20.0. The Morgan fingerprint density at radius 1 is 1.07 bits per heavy atom. The third kappa shape index (κ3) is 5.57. The van der Waals surface area contributed by atoms with Crippen molar-refractivity contribution >= 4 is 33.4 Å². The average molecular weight is 437 g/mol. The first kappa shape index (κ1) is 20.9. The predicted molar refractivity (Wildman–Crippen MR) is 114 cm³/mol. The molecule has 0 spiro atoms. The van der Waals surface area contributed by atoms with E-state index in [2.05, 4.69) is 27.1 Å². The van der Waals surface area contributed by atoms with Crippen molar-refractivity contribution in [1.29, 1.82) is 0 Å². The summed E-state index contributed by atoms with van der Waals surface area (Å²) >= 11 is 7.48. The maximum atomic E-state index is 11.6. The Balaban J connectivity index is 1.82. The summed E-state index contributed by atoms with van der Waals surface area (Å²) in [6.45, 7) is 2.58. The minimum atomic E-state index is -3.19. The molecule has 1 heterocycles. The summed E-state index contributed by atoms with van der Waals surface area (Å²) in [4.78, 5) is 0. The summed E-state index contributed by atoms with van der Waals surface area (Å²) < 4.78 is 27.8. The molecule has 1 aromatic heterocycles. The molecule has 9 heteroatoms. The maximum Gasteiger partial charge on any atom is 0.211 e. The number of hydrogen-bond acceptors (Lipinski definition) is 5. The van der Waals surface area contributed by atoms with Crippen LogP contribution in [-0.2, 0) is 16.6 Å². The van der Waals surface area contributed by atoms with Crippen LogP contribution in [0.2, 0.25) is 5.02 Å². The molecule has 0 fully saturated rings. The van der Waals surface area contributed by atoms with E-state index in [0.29, 0.717) is 23.9 Å². The third-order valence-electron chi connectivity index (χ3n) is 4.04. The minimum Gasteiger partial charge on any atom is -0.298 e. The van der Waals surface area contributed by atoms with E-state index in [4.69, 9.17) is 11.6 Å². The zero-order valence-electron chi connectivity index (χ0n) is 15.4. The first-order valence-electron chi connectivity index (χ1n) is 8.81. The number of aromatic nitrogens is 3. The number of hydrogen-bond donors (Lipinski definition) is 1. The summed E-state index contributed by atoms with van der Waals surface area (Å²) in [6, 6.07) is 17.5. The largest absolute Gasteiger partial charge is 0.298 e. The number of nitrogens with zero attached hydrogens (tertiary/aromatic N) is 3. The fourth-order valence-corrected chi connectivity index (χ4v) is 4.22. The lowest BCUT2D eigenvalue weighted by atomic mass is 10.2. The molecule has 0 atom stereocenters. The van der Waals surface area contributed by atoms with Crippen molar-refractivity contribution in [1.82, 2.24) is 19.5 Å². The third-order valence-corrected chi connectivity index (χ3v) is 6.66. The molecule has 28 heavy (non-hydrogen) atoms. The van der Waals surface area contributed by atoms with Crippen molar-refractivity contribution in [2.75, 3.05) is 18.1 Å². The molecule has 0 bridgehead atoms. The van der Waals surface area contributed by atoms with Crippen LogP contribution in [0, 0.1) is 0 Å². The SMILES string of the molecule is CCS(=O)(=O)NCCSc1nnc(-c2ccc(Cl)cc2)n1Cc1ccccc1. The zero-order valence-corrected chi connectivity index (χ0v) is 17.8. The highest BCUT2D eigenvalue weighted by molar-refractivity contribution is 7.99. The van der Waals surface area contributed by atoms with Crippen LogP contribution in [0.5, 0.6) is 0 Å². The van der Waals surface area contributed by atoms with Gasteiger partial charge in [0, 0.05) is 22.9 Å². The van der Waals surface area contributed by atoms with E-state index < -0.39 is 10.0 Å². The van der Waals surface area contributed by atoms with Crippen molar-refractivity contribution in [2.45, 2.75) is 18.6 Å². The van der Waals surface area contributed by atoms with Crippen LogP contribution in [0.25, 0.3) is 11.4 Å². The van der Waals surface area contributed by atoms with E-state index in [9.17, 15) is 8.42 Å². The van der Waals surface area contributed by atoms with Gasteiger partial charge in [-0.15, -0.1) is 10.2 Å². The second-order valence-corrected chi connectivity index (χ2v) is 9.63. The monoisotopic (exact) mass is 436 g/mol. The summed E-state index contributed by atoms with van der Waals surface area (Å²) in [5.41, 5.74) is 2.05. The van der Waals surface area contributed by atoms with Crippen LogP contribution in [0.1, 0.15) is 12.5 Å². The van der Waals surface area contributed by atoms with Crippen molar-refractivity contribution < 1.29 is 8.42 Å². The van der Waals surface area contributed by atoms with Crippen LogP contribution in [-0.4, -0.2) is 41.2 Å². The molecule has 148 valence electrons. The fourth-order valence-electron chi connectivity index (χ4n) is 2.56. The Hall–Kier alpha value is -1.87. The van der Waals surface area contributed by atoms with E-state index in [0.717, 1.165) is 22.1 Å². The number of rotatable bonds is 9. The quantitative estimate of drug-likeness (QED) is 0.409. The highest BCUT2D eigenvalue weighted by atomic mass is 35.5. The first-order chi connectivity index (χ1) is 13.5. The molecule has 0 saturated carbocycles. The molecule has 0 aliphatic heterocycles. The molecule has 6 nitrogen and oxygen atoms in total. The van der Waals surface area contributed by atoms with Gasteiger partial charge in [0.15, 0.2) is 11.0 Å². The molecule has 0 aliphatic rings. The Labute approximate surface area is 174 Å². The Morgan fingerprint density at radius 3 is 2.46 bits per heavy atom. The second kappa shape index (κ2) is 9.56. The molecule has 0 unspecified atom stereocenters. The van der Waals surface area contributed by atoms with Crippen molar-refractivity contribution in [3.05, 3.63) is 65.2 Å². The lowest BCUT2D eigenvalue weighted by molar-refractivity contribution is 0.585. The topological polar surface area (TPSA) is 76.9 Å². The van der Waals surface area contributed by atoms with Gasteiger partial charge < -0.3 is 0 Å². The highest BCUT2D eigenvalue weighted by Gasteiger charge is 2.15. The molecular weight excluding hydrogens is 416 g/mol. The average Bonchev–Trinajstić information content (AvgIpc) is 3.09.